The summed E-state index contributed by atoms with van der Waals surface area (Å²) >= 11 is 1.22. The quantitative estimate of drug-likeness (QED) is 0.379. The number of likely N-dealkylation sites (tertiary alicyclic amines) is 1. The summed E-state index contributed by atoms with van der Waals surface area (Å²) in [5, 5.41) is 7.82. The standard InChI is InChI=1S/C24H29F2N7O2S/c1-14-13-28-24(31-22(14)29-18-8-11-36-20(18)21(27)34)30-17-5-4-16(12-19(17)35-23(25)26)33(3)15-6-9-32(2)10-7-15/h4-5,8,11-13,15,23H,6-7,9-10H2,1-3H3,(H2,27,34)(H2,28,29,30,31). The Kier molecular flexibility index (Phi) is 7.85. The van der Waals surface area contributed by atoms with Crippen molar-refractivity contribution >= 4 is 46.1 Å². The maximum atomic E-state index is 13.3. The predicted octanol–water partition coefficient (Wildman–Crippen LogP) is 4.56. The van der Waals surface area contributed by atoms with Gasteiger partial charge in [-0.2, -0.15) is 13.8 Å². The number of carbonyl (C=O) groups is 1. The number of anilines is 5. The molecule has 1 aromatic carbocycles. The SMILES string of the molecule is Cc1cnc(Nc2ccc(N(C)C3CCN(C)CC3)cc2OC(F)F)nc1Nc1ccsc1C(N)=O. The average Bonchev–Trinajstić information content (AvgIpc) is 3.30. The third-order valence-electron chi connectivity index (χ3n) is 6.18. The molecule has 12 heteroatoms. The van der Waals surface area contributed by atoms with Crippen molar-refractivity contribution in [3.05, 3.63) is 46.3 Å². The Bertz CT molecular complexity index is 1210. The van der Waals surface area contributed by atoms with Crippen molar-refractivity contribution in [2.24, 2.45) is 5.73 Å². The van der Waals surface area contributed by atoms with Crippen LogP contribution in [-0.4, -0.2) is 60.6 Å². The van der Waals surface area contributed by atoms with Gasteiger partial charge in [0.15, 0.2) is 5.75 Å². The third kappa shape index (κ3) is 6.00. The van der Waals surface area contributed by atoms with Crippen molar-refractivity contribution in [3.63, 3.8) is 0 Å². The first-order valence-corrected chi connectivity index (χ1v) is 12.3. The molecule has 0 radical (unpaired) electrons. The van der Waals surface area contributed by atoms with E-state index in [1.165, 1.54) is 11.3 Å². The Hall–Kier alpha value is -3.51. The molecule has 1 fully saturated rings. The van der Waals surface area contributed by atoms with Gasteiger partial charge in [0.2, 0.25) is 5.95 Å². The van der Waals surface area contributed by atoms with Crippen LogP contribution >= 0.6 is 11.3 Å². The molecule has 0 spiro atoms. The lowest BCUT2D eigenvalue weighted by molar-refractivity contribution is -0.0493. The van der Waals surface area contributed by atoms with Crippen molar-refractivity contribution in [1.82, 2.24) is 14.9 Å². The van der Waals surface area contributed by atoms with Gasteiger partial charge in [-0.1, -0.05) is 0 Å². The Morgan fingerprint density at radius 2 is 2.00 bits per heavy atom. The average molecular weight is 518 g/mol. The number of carbonyl (C=O) groups excluding carboxylic acids is 1. The van der Waals surface area contributed by atoms with Crippen LogP contribution in [0.4, 0.5) is 37.6 Å². The molecule has 0 atom stereocenters. The second-order valence-electron chi connectivity index (χ2n) is 8.71. The highest BCUT2D eigenvalue weighted by atomic mass is 32.1. The summed E-state index contributed by atoms with van der Waals surface area (Å²) in [7, 11) is 4.06. The minimum Gasteiger partial charge on any atom is -0.433 e. The molecule has 0 unspecified atom stereocenters. The minimum absolute atomic E-state index is 0.00480. The van der Waals surface area contributed by atoms with Gasteiger partial charge in [-0.15, -0.1) is 11.3 Å². The number of primary amides is 1. The Balaban J connectivity index is 1.57. The number of thiophene rings is 1. The summed E-state index contributed by atoms with van der Waals surface area (Å²) < 4.78 is 31.4. The number of nitrogens with one attached hydrogen (secondary N) is 2. The number of alkyl halides is 2. The largest absolute Gasteiger partial charge is 0.433 e. The lowest BCUT2D eigenvalue weighted by Gasteiger charge is -2.36. The molecular weight excluding hydrogens is 488 g/mol. The van der Waals surface area contributed by atoms with Crippen LogP contribution < -0.4 is 26.0 Å². The zero-order chi connectivity index (χ0) is 25.8. The molecule has 0 saturated carbocycles. The van der Waals surface area contributed by atoms with Gasteiger partial charge < -0.3 is 30.9 Å². The van der Waals surface area contributed by atoms with E-state index in [-0.39, 0.29) is 11.7 Å². The Labute approximate surface area is 212 Å². The summed E-state index contributed by atoms with van der Waals surface area (Å²) in [6.45, 7) is 0.795. The fourth-order valence-corrected chi connectivity index (χ4v) is 4.80. The number of ether oxygens (including phenoxy) is 1. The van der Waals surface area contributed by atoms with Gasteiger partial charge in [0.25, 0.3) is 5.91 Å². The lowest BCUT2D eigenvalue weighted by atomic mass is 10.0. The van der Waals surface area contributed by atoms with Crippen LogP contribution in [0.25, 0.3) is 0 Å². The summed E-state index contributed by atoms with van der Waals surface area (Å²) in [6, 6.07) is 7.18. The molecule has 2 aromatic heterocycles. The normalized spacial score (nSPS) is 14.6. The van der Waals surface area contributed by atoms with Crippen LogP contribution in [0.2, 0.25) is 0 Å². The van der Waals surface area contributed by atoms with E-state index in [0.29, 0.717) is 28.1 Å². The van der Waals surface area contributed by atoms with Crippen LogP contribution in [0, 0.1) is 6.92 Å². The fraction of sp³-hybridized carbons (Fsp3) is 0.375. The summed E-state index contributed by atoms with van der Waals surface area (Å²) in [5.41, 5.74) is 7.78. The van der Waals surface area contributed by atoms with E-state index in [2.05, 4.69) is 37.4 Å². The fourth-order valence-electron chi connectivity index (χ4n) is 4.10. The van der Waals surface area contributed by atoms with Gasteiger partial charge >= 0.3 is 6.61 Å². The number of rotatable bonds is 9. The number of hydrogen-bond donors (Lipinski definition) is 3. The van der Waals surface area contributed by atoms with Crippen LogP contribution in [0.5, 0.6) is 5.75 Å². The highest BCUT2D eigenvalue weighted by molar-refractivity contribution is 7.12. The van der Waals surface area contributed by atoms with Gasteiger partial charge in [0.05, 0.1) is 11.4 Å². The molecule has 4 N–H and O–H groups in total. The number of halogens is 2. The maximum Gasteiger partial charge on any atom is 0.387 e. The van der Waals surface area contributed by atoms with E-state index >= 15 is 0 Å². The number of piperidine rings is 1. The molecule has 36 heavy (non-hydrogen) atoms. The highest BCUT2D eigenvalue weighted by Gasteiger charge is 2.22. The smallest absolute Gasteiger partial charge is 0.387 e. The number of aromatic nitrogens is 2. The Morgan fingerprint density at radius 1 is 1.25 bits per heavy atom. The number of amides is 1. The van der Waals surface area contributed by atoms with Gasteiger partial charge in [0.1, 0.15) is 10.7 Å². The number of nitrogens with zero attached hydrogens (tertiary/aromatic N) is 4. The molecule has 192 valence electrons. The molecule has 9 nitrogen and oxygen atoms in total. The first-order chi connectivity index (χ1) is 17.2. The molecule has 0 bridgehead atoms. The van der Waals surface area contributed by atoms with Crippen molar-refractivity contribution in [2.75, 3.05) is 42.7 Å². The van der Waals surface area contributed by atoms with Crippen molar-refractivity contribution in [3.8, 4) is 5.75 Å². The van der Waals surface area contributed by atoms with E-state index in [4.69, 9.17) is 10.5 Å². The number of nitrogens with two attached hydrogens (primary N) is 1. The van der Waals surface area contributed by atoms with E-state index in [9.17, 15) is 13.6 Å². The topological polar surface area (TPSA) is 109 Å². The second-order valence-corrected chi connectivity index (χ2v) is 9.62. The molecule has 3 heterocycles. The van der Waals surface area contributed by atoms with E-state index in [1.54, 1.807) is 36.7 Å². The molecule has 1 amide bonds. The highest BCUT2D eigenvalue weighted by Crippen LogP contribution is 2.34. The molecule has 0 aliphatic carbocycles. The van der Waals surface area contributed by atoms with Crippen molar-refractivity contribution < 1.29 is 18.3 Å². The molecule has 4 rings (SSSR count). The Morgan fingerprint density at radius 3 is 2.69 bits per heavy atom. The van der Waals surface area contributed by atoms with Crippen LogP contribution in [0.15, 0.2) is 35.8 Å². The predicted molar refractivity (Wildman–Crippen MR) is 138 cm³/mol. The third-order valence-corrected chi connectivity index (χ3v) is 7.11. The number of benzene rings is 1. The summed E-state index contributed by atoms with van der Waals surface area (Å²) in [6.07, 6.45) is 3.57. The van der Waals surface area contributed by atoms with Gasteiger partial charge in [0, 0.05) is 36.6 Å². The number of hydrogen-bond acceptors (Lipinski definition) is 9. The first kappa shape index (κ1) is 25.6. The van der Waals surface area contributed by atoms with E-state index in [1.807, 2.05) is 13.1 Å². The maximum absolute atomic E-state index is 13.3. The van der Waals surface area contributed by atoms with Gasteiger partial charge in [-0.05, 0) is 63.5 Å². The van der Waals surface area contributed by atoms with Crippen molar-refractivity contribution in [2.45, 2.75) is 32.4 Å². The van der Waals surface area contributed by atoms with E-state index < -0.39 is 12.5 Å². The lowest BCUT2D eigenvalue weighted by Crippen LogP contribution is -2.42. The molecule has 1 aliphatic heterocycles. The zero-order valence-corrected chi connectivity index (χ0v) is 21.1. The second kappa shape index (κ2) is 11.0. The molecular formula is C24H29F2N7O2S. The summed E-state index contributed by atoms with van der Waals surface area (Å²) in [4.78, 5) is 25.1. The molecule has 1 saturated heterocycles. The van der Waals surface area contributed by atoms with Crippen LogP contribution in [0.3, 0.4) is 0 Å². The van der Waals surface area contributed by atoms with Crippen LogP contribution in [-0.2, 0) is 0 Å². The molecule has 1 aliphatic rings. The first-order valence-electron chi connectivity index (χ1n) is 11.5. The van der Waals surface area contributed by atoms with Gasteiger partial charge in [-0.3, -0.25) is 4.79 Å². The monoisotopic (exact) mass is 517 g/mol. The van der Waals surface area contributed by atoms with Gasteiger partial charge in [-0.25, -0.2) is 4.98 Å². The molecule has 3 aromatic rings. The minimum atomic E-state index is -2.99. The number of aryl methyl sites for hydroxylation is 1. The van der Waals surface area contributed by atoms with Crippen LogP contribution in [0.1, 0.15) is 28.1 Å². The summed E-state index contributed by atoms with van der Waals surface area (Å²) in [5.74, 6) is 0.0734. The van der Waals surface area contributed by atoms with E-state index in [0.717, 1.165) is 37.2 Å². The zero-order valence-electron chi connectivity index (χ0n) is 20.3. The van der Waals surface area contributed by atoms with Crippen molar-refractivity contribution in [1.29, 1.82) is 0 Å².